The molecular formula is C25H35N3O3Si. The molecule has 6 nitrogen and oxygen atoms in total. The Balaban J connectivity index is 2.01. The summed E-state index contributed by atoms with van der Waals surface area (Å²) in [6.45, 7) is 15.8. The first-order chi connectivity index (χ1) is 14.8. The van der Waals surface area contributed by atoms with E-state index >= 15 is 0 Å². The second-order valence-electron chi connectivity index (χ2n) is 10.2. The zero-order valence-corrected chi connectivity index (χ0v) is 21.5. The van der Waals surface area contributed by atoms with Crippen LogP contribution in [0, 0.1) is 13.8 Å². The molecular weight excluding hydrogens is 418 g/mol. The van der Waals surface area contributed by atoms with Crippen molar-refractivity contribution in [3.63, 3.8) is 0 Å². The van der Waals surface area contributed by atoms with Gasteiger partial charge in [-0.25, -0.2) is 4.68 Å². The van der Waals surface area contributed by atoms with Crippen molar-refractivity contribution < 1.29 is 14.3 Å². The number of carboxylic acids is 1. The van der Waals surface area contributed by atoms with Gasteiger partial charge in [0.2, 0.25) is 0 Å². The summed E-state index contributed by atoms with van der Waals surface area (Å²) in [5.74, 6) is -1.10. The van der Waals surface area contributed by atoms with E-state index in [2.05, 4.69) is 63.2 Å². The van der Waals surface area contributed by atoms with Crippen LogP contribution in [0.5, 0.6) is 0 Å². The van der Waals surface area contributed by atoms with Crippen molar-refractivity contribution in [1.29, 1.82) is 0 Å². The molecule has 3 aromatic rings. The van der Waals surface area contributed by atoms with E-state index in [1.54, 1.807) is 4.68 Å². The average molecular weight is 454 g/mol. The van der Waals surface area contributed by atoms with Crippen LogP contribution in [0.25, 0.3) is 11.0 Å². The van der Waals surface area contributed by atoms with Crippen LogP contribution in [0.4, 0.5) is 0 Å². The molecule has 2 aromatic carbocycles. The molecule has 0 bridgehead atoms. The topological polar surface area (TPSA) is 77.2 Å². The predicted molar refractivity (Wildman–Crippen MR) is 131 cm³/mol. The summed E-state index contributed by atoms with van der Waals surface area (Å²) < 4.78 is 8.20. The van der Waals surface area contributed by atoms with Crippen LogP contribution in [-0.4, -0.2) is 34.4 Å². The van der Waals surface area contributed by atoms with E-state index in [-0.39, 0.29) is 17.4 Å². The number of hydrogen-bond acceptors (Lipinski definition) is 4. The maximum Gasteiger partial charge on any atom is 0.304 e. The molecule has 0 fully saturated rings. The fourth-order valence-electron chi connectivity index (χ4n) is 3.75. The smallest absolute Gasteiger partial charge is 0.304 e. The van der Waals surface area contributed by atoms with E-state index in [9.17, 15) is 9.90 Å². The lowest BCUT2D eigenvalue weighted by Gasteiger charge is -2.36. The Morgan fingerprint density at radius 2 is 1.88 bits per heavy atom. The third-order valence-corrected chi connectivity index (χ3v) is 11.5. The Labute approximate surface area is 191 Å². The number of hydrogen-bond donors (Lipinski definition) is 1. The molecule has 3 rings (SSSR count). The van der Waals surface area contributed by atoms with Gasteiger partial charge in [-0.3, -0.25) is 4.79 Å². The maximum atomic E-state index is 11.8. The molecule has 0 saturated heterocycles. The Kier molecular flexibility index (Phi) is 6.63. The third kappa shape index (κ3) is 4.78. The molecule has 0 aliphatic heterocycles. The summed E-state index contributed by atoms with van der Waals surface area (Å²) in [6.07, 6.45) is 0.0121. The molecule has 1 N–H and O–H groups in total. The van der Waals surface area contributed by atoms with Crippen molar-refractivity contribution in [2.75, 3.05) is 0 Å². The molecule has 172 valence electrons. The van der Waals surface area contributed by atoms with Crippen molar-refractivity contribution in [3.05, 3.63) is 58.1 Å². The van der Waals surface area contributed by atoms with Gasteiger partial charge < -0.3 is 9.53 Å². The Bertz CT molecular complexity index is 1150. The molecule has 0 saturated carbocycles. The van der Waals surface area contributed by atoms with E-state index in [0.717, 1.165) is 38.9 Å². The van der Waals surface area contributed by atoms with Crippen LogP contribution in [0.15, 0.2) is 30.3 Å². The van der Waals surface area contributed by atoms with Crippen molar-refractivity contribution >= 4 is 25.3 Å². The quantitative estimate of drug-likeness (QED) is 0.463. The molecule has 1 unspecified atom stereocenters. The van der Waals surface area contributed by atoms with Gasteiger partial charge in [0.15, 0.2) is 8.32 Å². The SMILES string of the molecule is Cc1ccc(C(CC(=O)O)c2ccc3c(nnn3C)c2C)cc1CO[Si](C)(C)C(C)(C)C. The summed E-state index contributed by atoms with van der Waals surface area (Å²) >= 11 is 0. The lowest BCUT2D eigenvalue weighted by molar-refractivity contribution is -0.137. The summed E-state index contributed by atoms with van der Waals surface area (Å²) in [5.41, 5.74) is 6.95. The van der Waals surface area contributed by atoms with E-state index < -0.39 is 14.3 Å². The van der Waals surface area contributed by atoms with Crippen LogP contribution >= 0.6 is 0 Å². The maximum absolute atomic E-state index is 11.8. The van der Waals surface area contributed by atoms with Gasteiger partial charge in [0.25, 0.3) is 0 Å². The minimum Gasteiger partial charge on any atom is -0.481 e. The minimum absolute atomic E-state index is 0.0121. The first-order valence-corrected chi connectivity index (χ1v) is 14.0. The molecule has 1 aromatic heterocycles. The molecule has 0 spiro atoms. The fourth-order valence-corrected chi connectivity index (χ4v) is 4.70. The van der Waals surface area contributed by atoms with Gasteiger partial charge in [0.05, 0.1) is 18.5 Å². The summed E-state index contributed by atoms with van der Waals surface area (Å²) in [4.78, 5) is 11.8. The van der Waals surface area contributed by atoms with E-state index in [0.29, 0.717) is 6.61 Å². The Hall–Kier alpha value is -2.51. The number of nitrogens with zero attached hydrogens (tertiary/aromatic N) is 3. The highest BCUT2D eigenvalue weighted by Gasteiger charge is 2.37. The number of carboxylic acid groups (broad SMARTS) is 1. The van der Waals surface area contributed by atoms with Gasteiger partial charge in [-0.2, -0.15) is 0 Å². The number of aliphatic carboxylic acids is 1. The van der Waals surface area contributed by atoms with Gasteiger partial charge >= 0.3 is 5.97 Å². The summed E-state index contributed by atoms with van der Waals surface area (Å²) in [7, 11) is -0.0352. The van der Waals surface area contributed by atoms with Gasteiger partial charge in [-0.15, -0.1) is 5.10 Å². The number of rotatable bonds is 7. The molecule has 1 atom stereocenters. The van der Waals surface area contributed by atoms with Crippen LogP contribution in [0.1, 0.15) is 60.9 Å². The molecule has 0 amide bonds. The molecule has 0 aliphatic rings. The van der Waals surface area contributed by atoms with Crippen LogP contribution in [0.3, 0.4) is 0 Å². The Morgan fingerprint density at radius 1 is 1.19 bits per heavy atom. The minimum atomic E-state index is -1.89. The van der Waals surface area contributed by atoms with E-state index in [4.69, 9.17) is 4.43 Å². The first kappa shape index (κ1) is 24.1. The van der Waals surface area contributed by atoms with E-state index in [1.807, 2.05) is 32.2 Å². The zero-order chi connectivity index (χ0) is 23.8. The predicted octanol–water partition coefficient (Wildman–Crippen LogP) is 5.71. The standard InChI is InChI=1S/C25H35N3O3Si/c1-16-9-10-18(13-19(16)15-31-32(7,8)25(3,4)5)21(14-23(29)30)20-11-12-22-24(17(20)2)26-27-28(22)6/h9-13,21H,14-15H2,1-8H3,(H,29,30). The number of benzene rings is 2. The van der Waals surface area contributed by atoms with Gasteiger partial charge in [-0.05, 0) is 65.9 Å². The first-order valence-electron chi connectivity index (χ1n) is 11.1. The highest BCUT2D eigenvalue weighted by molar-refractivity contribution is 6.74. The number of aromatic nitrogens is 3. The highest BCUT2D eigenvalue weighted by Crippen LogP contribution is 2.38. The lowest BCUT2D eigenvalue weighted by atomic mass is 9.84. The van der Waals surface area contributed by atoms with Crippen molar-refractivity contribution in [2.45, 2.75) is 71.7 Å². The van der Waals surface area contributed by atoms with Gasteiger partial charge in [-0.1, -0.05) is 50.3 Å². The van der Waals surface area contributed by atoms with Crippen LogP contribution in [0.2, 0.25) is 18.1 Å². The number of aryl methyl sites for hydroxylation is 3. The number of carbonyl (C=O) groups is 1. The average Bonchev–Trinajstić information content (AvgIpc) is 3.07. The van der Waals surface area contributed by atoms with Crippen molar-refractivity contribution in [1.82, 2.24) is 15.0 Å². The third-order valence-electron chi connectivity index (χ3n) is 7.00. The van der Waals surface area contributed by atoms with Crippen LogP contribution in [-0.2, 0) is 22.9 Å². The highest BCUT2D eigenvalue weighted by atomic mass is 28.4. The Morgan fingerprint density at radius 3 is 2.50 bits per heavy atom. The van der Waals surface area contributed by atoms with Crippen molar-refractivity contribution in [3.8, 4) is 0 Å². The second kappa shape index (κ2) is 8.79. The molecule has 32 heavy (non-hydrogen) atoms. The second-order valence-corrected chi connectivity index (χ2v) is 15.1. The molecule has 0 radical (unpaired) electrons. The van der Waals surface area contributed by atoms with E-state index in [1.165, 1.54) is 0 Å². The zero-order valence-electron chi connectivity index (χ0n) is 20.5. The fraction of sp³-hybridized carbons (Fsp3) is 0.480. The number of fused-ring (bicyclic) bond motifs is 1. The van der Waals surface area contributed by atoms with Crippen LogP contribution < -0.4 is 0 Å². The largest absolute Gasteiger partial charge is 0.481 e. The lowest BCUT2D eigenvalue weighted by Crippen LogP contribution is -2.40. The van der Waals surface area contributed by atoms with Gasteiger partial charge in [0.1, 0.15) is 5.52 Å². The normalized spacial score (nSPS) is 13.5. The molecule has 1 heterocycles. The molecule has 7 heteroatoms. The summed E-state index contributed by atoms with van der Waals surface area (Å²) in [6, 6.07) is 10.2. The summed E-state index contributed by atoms with van der Waals surface area (Å²) in [5, 5.41) is 18.2. The molecule has 0 aliphatic carbocycles. The van der Waals surface area contributed by atoms with Crippen molar-refractivity contribution in [2.24, 2.45) is 7.05 Å². The monoisotopic (exact) mass is 453 g/mol. The van der Waals surface area contributed by atoms with Gasteiger partial charge in [0, 0.05) is 13.0 Å².